The first-order chi connectivity index (χ1) is 6.61. The molecule has 0 aromatic rings. The van der Waals surface area contributed by atoms with Crippen molar-refractivity contribution in [2.45, 2.75) is 44.5 Å². The first-order valence-corrected chi connectivity index (χ1v) is 5.50. The summed E-state index contributed by atoms with van der Waals surface area (Å²) in [4.78, 5) is 23.0. The first kappa shape index (κ1) is 14.4. The lowest BCUT2D eigenvalue weighted by molar-refractivity contribution is -0.164. The lowest BCUT2D eigenvalue weighted by atomic mass is 10.1. The van der Waals surface area contributed by atoms with E-state index in [9.17, 15) is 9.59 Å². The summed E-state index contributed by atoms with van der Waals surface area (Å²) in [5.74, 6) is -1.28. The van der Waals surface area contributed by atoms with E-state index in [2.05, 4.69) is 15.9 Å². The lowest BCUT2D eigenvalue weighted by Crippen LogP contribution is -2.43. The number of halogens is 1. The van der Waals surface area contributed by atoms with Gasteiger partial charge in [0.2, 0.25) is 4.32 Å². The maximum Gasteiger partial charge on any atom is 0.334 e. The summed E-state index contributed by atoms with van der Waals surface area (Å²) in [5, 5.41) is 0. The van der Waals surface area contributed by atoms with Crippen LogP contribution in [-0.2, 0) is 19.1 Å². The van der Waals surface area contributed by atoms with Crippen LogP contribution in [-0.4, -0.2) is 28.5 Å². The Labute approximate surface area is 98.4 Å². The molecule has 4 nitrogen and oxygen atoms in total. The fourth-order valence-electron chi connectivity index (χ4n) is 0.724. The zero-order valence-electron chi connectivity index (χ0n) is 9.72. The van der Waals surface area contributed by atoms with Crippen molar-refractivity contribution in [2.24, 2.45) is 0 Å². The molecule has 0 bridgehead atoms. The Morgan fingerprint density at radius 2 is 1.60 bits per heavy atom. The molecule has 1 atom stereocenters. The molecular weight excluding hydrogens is 264 g/mol. The largest absolute Gasteiger partial charge is 0.465 e. The molecule has 0 radical (unpaired) electrons. The minimum atomic E-state index is -1.43. The van der Waals surface area contributed by atoms with Gasteiger partial charge in [0.05, 0.1) is 6.61 Å². The van der Waals surface area contributed by atoms with Crippen LogP contribution in [0.5, 0.6) is 0 Å². The Morgan fingerprint density at radius 3 is 1.93 bits per heavy atom. The molecule has 0 saturated heterocycles. The number of carbonyl (C=O) groups excluding carboxylic acids is 2. The van der Waals surface area contributed by atoms with E-state index >= 15 is 0 Å². The van der Waals surface area contributed by atoms with Crippen molar-refractivity contribution in [2.75, 3.05) is 6.61 Å². The fourth-order valence-corrected chi connectivity index (χ4v) is 0.919. The molecule has 0 aromatic carbocycles. The highest BCUT2D eigenvalue weighted by Crippen LogP contribution is 2.24. The van der Waals surface area contributed by atoms with Gasteiger partial charge in [0, 0.05) is 0 Å². The fraction of sp³-hybridized carbons (Fsp3) is 0.800. The summed E-state index contributed by atoms with van der Waals surface area (Å²) < 4.78 is 8.40. The quantitative estimate of drug-likeness (QED) is 0.451. The first-order valence-electron chi connectivity index (χ1n) is 4.71. The van der Waals surface area contributed by atoms with E-state index in [0.29, 0.717) is 0 Å². The molecule has 0 N–H and O–H groups in total. The molecule has 0 fully saturated rings. The second-order valence-corrected chi connectivity index (χ2v) is 5.81. The Bertz CT molecular complexity index is 253. The Kier molecular flexibility index (Phi) is 4.77. The summed E-state index contributed by atoms with van der Waals surface area (Å²) in [7, 11) is 0. The van der Waals surface area contributed by atoms with Gasteiger partial charge in [-0.25, -0.2) is 9.59 Å². The summed E-state index contributed by atoms with van der Waals surface area (Å²) >= 11 is 3.02. The standard InChI is InChI=1S/C10H17BrO4/c1-6-14-7(12)10(5,11)8(13)15-9(2,3)4/h6H2,1-5H3. The predicted molar refractivity (Wildman–Crippen MR) is 59.8 cm³/mol. The van der Waals surface area contributed by atoms with Gasteiger partial charge in [-0.15, -0.1) is 0 Å². The molecule has 0 aromatic heterocycles. The Hall–Kier alpha value is -0.580. The number of alkyl halides is 1. The van der Waals surface area contributed by atoms with Crippen LogP contribution in [0.1, 0.15) is 34.6 Å². The van der Waals surface area contributed by atoms with E-state index in [1.54, 1.807) is 27.7 Å². The van der Waals surface area contributed by atoms with Crippen LogP contribution < -0.4 is 0 Å². The predicted octanol–water partition coefficient (Wildman–Crippen LogP) is 2.04. The normalized spacial score (nSPS) is 15.3. The number of ether oxygens (including phenoxy) is 2. The van der Waals surface area contributed by atoms with Gasteiger partial charge < -0.3 is 9.47 Å². The highest BCUT2D eigenvalue weighted by molar-refractivity contribution is 9.10. The van der Waals surface area contributed by atoms with E-state index in [1.807, 2.05) is 0 Å². The average Bonchev–Trinajstić information content (AvgIpc) is 2.01. The molecule has 88 valence electrons. The van der Waals surface area contributed by atoms with Crippen molar-refractivity contribution < 1.29 is 19.1 Å². The maximum atomic E-state index is 11.6. The molecule has 0 heterocycles. The third-order valence-electron chi connectivity index (χ3n) is 1.44. The second-order valence-electron chi connectivity index (χ2n) is 4.23. The molecule has 0 amide bonds. The molecule has 0 spiro atoms. The molecule has 1 unspecified atom stereocenters. The minimum absolute atomic E-state index is 0.225. The SMILES string of the molecule is CCOC(=O)C(C)(Br)C(=O)OC(C)(C)C. The van der Waals surface area contributed by atoms with Gasteiger partial charge in [-0.3, -0.25) is 0 Å². The van der Waals surface area contributed by atoms with Gasteiger partial charge in [-0.2, -0.15) is 0 Å². The molecule has 15 heavy (non-hydrogen) atoms. The van der Waals surface area contributed by atoms with Crippen LogP contribution in [0.3, 0.4) is 0 Å². The van der Waals surface area contributed by atoms with Crippen LogP contribution >= 0.6 is 15.9 Å². The summed E-state index contributed by atoms with van der Waals surface area (Å²) in [6.45, 7) is 8.52. The van der Waals surface area contributed by atoms with Gasteiger partial charge >= 0.3 is 11.9 Å². The van der Waals surface area contributed by atoms with Crippen LogP contribution in [0.25, 0.3) is 0 Å². The molecule has 5 heteroatoms. The van der Waals surface area contributed by atoms with Crippen molar-refractivity contribution >= 4 is 27.9 Å². The van der Waals surface area contributed by atoms with E-state index < -0.39 is 21.9 Å². The zero-order valence-corrected chi connectivity index (χ0v) is 11.3. The van der Waals surface area contributed by atoms with Crippen molar-refractivity contribution in [1.82, 2.24) is 0 Å². The van der Waals surface area contributed by atoms with Gasteiger partial charge in [-0.05, 0) is 34.6 Å². The topological polar surface area (TPSA) is 52.6 Å². The number of carbonyl (C=O) groups is 2. The number of rotatable bonds is 3. The number of esters is 2. The van der Waals surface area contributed by atoms with E-state index in [-0.39, 0.29) is 6.61 Å². The monoisotopic (exact) mass is 280 g/mol. The van der Waals surface area contributed by atoms with Crippen LogP contribution in [0, 0.1) is 0 Å². The van der Waals surface area contributed by atoms with Crippen molar-refractivity contribution in [1.29, 1.82) is 0 Å². The summed E-state index contributed by atoms with van der Waals surface area (Å²) in [6.07, 6.45) is 0. The van der Waals surface area contributed by atoms with E-state index in [0.717, 1.165) is 0 Å². The third kappa shape index (κ3) is 4.64. The molecule has 0 aliphatic rings. The number of hydrogen-bond acceptors (Lipinski definition) is 4. The van der Waals surface area contributed by atoms with Crippen molar-refractivity contribution in [3.63, 3.8) is 0 Å². The zero-order chi connectivity index (χ0) is 12.3. The Balaban J connectivity index is 4.59. The van der Waals surface area contributed by atoms with Crippen molar-refractivity contribution in [3.05, 3.63) is 0 Å². The molecule has 0 aliphatic carbocycles. The average molecular weight is 281 g/mol. The van der Waals surface area contributed by atoms with Gasteiger partial charge in [0.15, 0.2) is 0 Å². The minimum Gasteiger partial charge on any atom is -0.465 e. The number of hydrogen-bond donors (Lipinski definition) is 0. The van der Waals surface area contributed by atoms with Gasteiger partial charge in [0.25, 0.3) is 0 Å². The second kappa shape index (κ2) is 4.96. The van der Waals surface area contributed by atoms with E-state index in [4.69, 9.17) is 9.47 Å². The van der Waals surface area contributed by atoms with Gasteiger partial charge in [-0.1, -0.05) is 15.9 Å². The third-order valence-corrected chi connectivity index (χ3v) is 2.09. The molecule has 0 aliphatic heterocycles. The van der Waals surface area contributed by atoms with E-state index in [1.165, 1.54) is 6.92 Å². The lowest BCUT2D eigenvalue weighted by Gasteiger charge is -2.25. The molecule has 0 rings (SSSR count). The molecular formula is C10H17BrO4. The smallest absolute Gasteiger partial charge is 0.334 e. The van der Waals surface area contributed by atoms with Crippen LogP contribution in [0.4, 0.5) is 0 Å². The van der Waals surface area contributed by atoms with Crippen LogP contribution in [0.2, 0.25) is 0 Å². The maximum absolute atomic E-state index is 11.6. The molecule has 0 saturated carbocycles. The summed E-state index contributed by atoms with van der Waals surface area (Å²) in [5.41, 5.74) is -0.626. The highest BCUT2D eigenvalue weighted by atomic mass is 79.9. The van der Waals surface area contributed by atoms with Gasteiger partial charge in [0.1, 0.15) is 5.60 Å². The van der Waals surface area contributed by atoms with Crippen molar-refractivity contribution in [3.8, 4) is 0 Å². The van der Waals surface area contributed by atoms with Crippen LogP contribution in [0.15, 0.2) is 0 Å². The highest BCUT2D eigenvalue weighted by Gasteiger charge is 2.43. The summed E-state index contributed by atoms with van der Waals surface area (Å²) in [6, 6.07) is 0. The Morgan fingerprint density at radius 1 is 1.13 bits per heavy atom.